The highest BCUT2D eigenvalue weighted by atomic mass is 32.1. The van der Waals surface area contributed by atoms with Crippen molar-refractivity contribution in [2.45, 2.75) is 12.5 Å². The Balaban J connectivity index is 2.06. The van der Waals surface area contributed by atoms with Crippen LogP contribution in [0.15, 0.2) is 30.7 Å². The van der Waals surface area contributed by atoms with Crippen LogP contribution in [0.3, 0.4) is 0 Å². The Bertz CT molecular complexity index is 373. The second-order valence-corrected chi connectivity index (χ2v) is 3.56. The molecule has 0 saturated heterocycles. The lowest BCUT2D eigenvalue weighted by Gasteiger charge is -2.07. The predicted molar refractivity (Wildman–Crippen MR) is 54.8 cm³/mol. The van der Waals surface area contributed by atoms with Gasteiger partial charge in [-0.3, -0.25) is 4.98 Å². The summed E-state index contributed by atoms with van der Waals surface area (Å²) in [6.07, 6.45) is 6.02. The highest BCUT2D eigenvalue weighted by Gasteiger charge is 2.09. The van der Waals surface area contributed by atoms with E-state index in [1.54, 1.807) is 18.6 Å². The summed E-state index contributed by atoms with van der Waals surface area (Å²) in [5.41, 5.74) is 7.98. The lowest BCUT2D eigenvalue weighted by molar-refractivity contribution is 0.703. The summed E-state index contributed by atoms with van der Waals surface area (Å²) in [6.45, 7) is 0. The highest BCUT2D eigenvalue weighted by Crippen LogP contribution is 2.13. The number of nitrogens with two attached hydrogens (primary N) is 1. The first-order chi connectivity index (χ1) is 6.86. The van der Waals surface area contributed by atoms with E-state index in [0.29, 0.717) is 0 Å². The third kappa shape index (κ3) is 2.12. The number of nitrogens with zero attached hydrogens (tertiary/aromatic N) is 3. The lowest BCUT2D eigenvalue weighted by Crippen LogP contribution is -2.13. The Kier molecular flexibility index (Phi) is 2.81. The van der Waals surface area contributed by atoms with Crippen molar-refractivity contribution in [2.24, 2.45) is 5.73 Å². The van der Waals surface area contributed by atoms with Gasteiger partial charge in [-0.2, -0.15) is 8.75 Å². The molecule has 2 aromatic heterocycles. The molecular weight excluding hydrogens is 196 g/mol. The van der Waals surface area contributed by atoms with Gasteiger partial charge < -0.3 is 5.73 Å². The molecule has 0 bridgehead atoms. The van der Waals surface area contributed by atoms with Crippen molar-refractivity contribution in [3.05, 3.63) is 42.0 Å². The Morgan fingerprint density at radius 1 is 1.36 bits per heavy atom. The van der Waals surface area contributed by atoms with E-state index in [1.165, 1.54) is 17.3 Å². The summed E-state index contributed by atoms with van der Waals surface area (Å²) < 4.78 is 8.03. The van der Waals surface area contributed by atoms with Crippen molar-refractivity contribution in [3.8, 4) is 0 Å². The van der Waals surface area contributed by atoms with Crippen LogP contribution in [0.2, 0.25) is 0 Å². The molecule has 2 rings (SSSR count). The van der Waals surface area contributed by atoms with Crippen molar-refractivity contribution in [1.29, 1.82) is 0 Å². The summed E-state index contributed by atoms with van der Waals surface area (Å²) in [5, 5.41) is 0. The monoisotopic (exact) mass is 206 g/mol. The first kappa shape index (κ1) is 9.23. The minimum atomic E-state index is -0.0730. The molecule has 0 amide bonds. The lowest BCUT2D eigenvalue weighted by atomic mass is 10.1. The van der Waals surface area contributed by atoms with Gasteiger partial charge in [-0.1, -0.05) is 0 Å². The van der Waals surface area contributed by atoms with Crippen LogP contribution in [0.4, 0.5) is 0 Å². The van der Waals surface area contributed by atoms with Crippen LogP contribution in [0.1, 0.15) is 17.3 Å². The number of pyridine rings is 1. The van der Waals surface area contributed by atoms with E-state index >= 15 is 0 Å². The maximum atomic E-state index is 5.96. The van der Waals surface area contributed by atoms with Crippen molar-refractivity contribution >= 4 is 11.7 Å². The highest BCUT2D eigenvalue weighted by molar-refractivity contribution is 6.99. The number of aromatic nitrogens is 3. The maximum Gasteiger partial charge on any atom is 0.0913 e. The quantitative estimate of drug-likeness (QED) is 0.818. The molecule has 0 saturated carbocycles. The first-order valence-electron chi connectivity index (χ1n) is 4.28. The van der Waals surface area contributed by atoms with E-state index in [9.17, 15) is 0 Å². The molecule has 1 atom stereocenters. The van der Waals surface area contributed by atoms with Crippen LogP contribution in [0.25, 0.3) is 0 Å². The zero-order valence-electron chi connectivity index (χ0n) is 7.50. The van der Waals surface area contributed by atoms with Gasteiger partial charge in [0.1, 0.15) is 0 Å². The molecule has 1 unspecified atom stereocenters. The zero-order valence-corrected chi connectivity index (χ0v) is 8.31. The second kappa shape index (κ2) is 4.26. The van der Waals surface area contributed by atoms with Crippen LogP contribution in [-0.2, 0) is 6.42 Å². The average Bonchev–Trinajstić information content (AvgIpc) is 2.72. The third-order valence-electron chi connectivity index (χ3n) is 1.96. The third-order valence-corrected chi connectivity index (χ3v) is 2.46. The first-order valence-corrected chi connectivity index (χ1v) is 5.01. The molecule has 2 N–H and O–H groups in total. The Morgan fingerprint density at radius 2 is 2.14 bits per heavy atom. The van der Waals surface area contributed by atoms with Gasteiger partial charge in [-0.05, 0) is 24.1 Å². The standard InChI is InChI=1S/C9H10N4S/c10-8(9-6-12-14-13-9)5-7-1-3-11-4-2-7/h1-4,6,8H,5,10H2. The normalized spacial score (nSPS) is 12.6. The zero-order chi connectivity index (χ0) is 9.80. The van der Waals surface area contributed by atoms with E-state index in [2.05, 4.69) is 13.7 Å². The molecule has 5 heteroatoms. The van der Waals surface area contributed by atoms with Gasteiger partial charge in [-0.15, -0.1) is 0 Å². The summed E-state index contributed by atoms with van der Waals surface area (Å²) in [4.78, 5) is 3.95. The number of rotatable bonds is 3. The van der Waals surface area contributed by atoms with Crippen LogP contribution < -0.4 is 5.73 Å². The van der Waals surface area contributed by atoms with E-state index in [4.69, 9.17) is 5.73 Å². The van der Waals surface area contributed by atoms with Crippen molar-refractivity contribution < 1.29 is 0 Å². The second-order valence-electron chi connectivity index (χ2n) is 3.00. The largest absolute Gasteiger partial charge is 0.322 e. The minimum absolute atomic E-state index is 0.0730. The number of hydrogen-bond donors (Lipinski definition) is 1. The molecule has 2 heterocycles. The van der Waals surface area contributed by atoms with E-state index in [0.717, 1.165) is 12.1 Å². The molecule has 0 radical (unpaired) electrons. The fourth-order valence-corrected chi connectivity index (χ4v) is 1.69. The molecule has 72 valence electrons. The molecule has 2 aromatic rings. The van der Waals surface area contributed by atoms with Crippen molar-refractivity contribution in [1.82, 2.24) is 13.7 Å². The van der Waals surface area contributed by atoms with Gasteiger partial charge in [0.05, 0.1) is 29.7 Å². The molecule has 0 aliphatic heterocycles. The van der Waals surface area contributed by atoms with E-state index < -0.39 is 0 Å². The molecular formula is C9H10N4S. The molecule has 4 nitrogen and oxygen atoms in total. The SMILES string of the molecule is NC(Cc1ccncc1)c1cnsn1. The fourth-order valence-electron chi connectivity index (χ4n) is 1.21. The topological polar surface area (TPSA) is 64.7 Å². The van der Waals surface area contributed by atoms with Crippen LogP contribution in [0.5, 0.6) is 0 Å². The average molecular weight is 206 g/mol. The van der Waals surface area contributed by atoms with Gasteiger partial charge in [0, 0.05) is 12.4 Å². The van der Waals surface area contributed by atoms with E-state index in [-0.39, 0.29) is 6.04 Å². The van der Waals surface area contributed by atoms with Gasteiger partial charge >= 0.3 is 0 Å². The van der Waals surface area contributed by atoms with Crippen LogP contribution in [-0.4, -0.2) is 13.7 Å². The summed E-state index contributed by atoms with van der Waals surface area (Å²) in [6, 6.07) is 3.84. The molecule has 0 aliphatic rings. The van der Waals surface area contributed by atoms with Crippen molar-refractivity contribution in [3.63, 3.8) is 0 Å². The summed E-state index contributed by atoms with van der Waals surface area (Å²) >= 11 is 1.19. The van der Waals surface area contributed by atoms with Crippen molar-refractivity contribution in [2.75, 3.05) is 0 Å². The molecule has 14 heavy (non-hydrogen) atoms. The molecule has 0 aliphatic carbocycles. The number of hydrogen-bond acceptors (Lipinski definition) is 5. The van der Waals surface area contributed by atoms with E-state index in [1.807, 2.05) is 12.1 Å². The molecule has 0 spiro atoms. The smallest absolute Gasteiger partial charge is 0.0913 e. The summed E-state index contributed by atoms with van der Waals surface area (Å²) in [5.74, 6) is 0. The fraction of sp³-hybridized carbons (Fsp3) is 0.222. The molecule has 0 fully saturated rings. The Labute approximate surface area is 86.1 Å². The van der Waals surface area contributed by atoms with Crippen LogP contribution >= 0.6 is 11.7 Å². The van der Waals surface area contributed by atoms with Gasteiger partial charge in [-0.25, -0.2) is 0 Å². The van der Waals surface area contributed by atoms with Gasteiger partial charge in [0.2, 0.25) is 0 Å². The Hall–Kier alpha value is -1.33. The van der Waals surface area contributed by atoms with Gasteiger partial charge in [0.25, 0.3) is 0 Å². The van der Waals surface area contributed by atoms with Crippen LogP contribution in [0, 0.1) is 0 Å². The summed E-state index contributed by atoms with van der Waals surface area (Å²) in [7, 11) is 0. The maximum absolute atomic E-state index is 5.96. The molecule has 0 aromatic carbocycles. The minimum Gasteiger partial charge on any atom is -0.322 e. The Morgan fingerprint density at radius 3 is 2.79 bits per heavy atom. The van der Waals surface area contributed by atoms with Gasteiger partial charge in [0.15, 0.2) is 0 Å². The predicted octanol–water partition coefficient (Wildman–Crippen LogP) is 1.18.